The highest BCUT2D eigenvalue weighted by Crippen LogP contribution is 2.39. The van der Waals surface area contributed by atoms with Crippen LogP contribution < -0.4 is 10.1 Å². The number of alkyl halides is 2. The van der Waals surface area contributed by atoms with Gasteiger partial charge in [-0.1, -0.05) is 12.1 Å². The lowest BCUT2D eigenvalue weighted by molar-refractivity contribution is -0.152. The second-order valence-corrected chi connectivity index (χ2v) is 5.66. The van der Waals surface area contributed by atoms with Crippen LogP contribution in [0.1, 0.15) is 38.2 Å². The number of carboxylic acid groups (broad SMARTS) is 1. The normalized spacial score (nSPS) is 16.3. The van der Waals surface area contributed by atoms with Gasteiger partial charge in [-0.3, -0.25) is 9.59 Å². The van der Waals surface area contributed by atoms with Crippen molar-refractivity contribution in [3.05, 3.63) is 29.8 Å². The minimum atomic E-state index is -3.80. The molecule has 2 rings (SSSR count). The number of carboxylic acids is 1. The monoisotopic (exact) mass is 327 g/mol. The molecule has 0 radical (unpaired) electrons. The number of ether oxygens (including phenoxy) is 1. The standard InChI is InChI=1S/C16H19F2NO4/c1-2-23-12-7-4-3-6-11(12)16(17,18)14(22)19-15(8-5-9-15)10-13(20)21/h3-4,6-7H,2,5,8-10H2,1H3,(H,19,22)(H,20,21). The SMILES string of the molecule is CCOc1ccccc1C(F)(F)C(=O)NC1(CC(=O)O)CCC1. The van der Waals surface area contributed by atoms with E-state index in [2.05, 4.69) is 5.32 Å². The predicted octanol–water partition coefficient (Wildman–Crippen LogP) is 2.69. The Morgan fingerprint density at radius 1 is 1.35 bits per heavy atom. The lowest BCUT2D eigenvalue weighted by atomic mass is 9.74. The van der Waals surface area contributed by atoms with E-state index in [1.807, 2.05) is 0 Å². The van der Waals surface area contributed by atoms with E-state index in [0.717, 1.165) is 6.07 Å². The van der Waals surface area contributed by atoms with Crippen molar-refractivity contribution in [2.75, 3.05) is 6.61 Å². The molecule has 1 saturated carbocycles. The number of carbonyl (C=O) groups is 2. The highest BCUT2D eigenvalue weighted by atomic mass is 19.3. The maximum Gasteiger partial charge on any atom is 0.353 e. The molecule has 7 heteroatoms. The van der Waals surface area contributed by atoms with Gasteiger partial charge in [-0.15, -0.1) is 0 Å². The summed E-state index contributed by atoms with van der Waals surface area (Å²) in [5.41, 5.74) is -1.60. The van der Waals surface area contributed by atoms with E-state index in [0.29, 0.717) is 19.3 Å². The molecule has 5 nitrogen and oxygen atoms in total. The number of carbonyl (C=O) groups excluding carboxylic acids is 1. The molecule has 1 fully saturated rings. The van der Waals surface area contributed by atoms with Crippen LogP contribution in [0.15, 0.2) is 24.3 Å². The molecule has 1 aromatic carbocycles. The molecular formula is C16H19F2NO4. The van der Waals surface area contributed by atoms with Gasteiger partial charge in [-0.2, -0.15) is 8.78 Å². The Kier molecular flexibility index (Phi) is 4.87. The summed E-state index contributed by atoms with van der Waals surface area (Å²) in [6.07, 6.45) is 1.11. The Labute approximate surface area is 132 Å². The van der Waals surface area contributed by atoms with Gasteiger partial charge in [0.05, 0.1) is 24.1 Å². The third-order valence-corrected chi connectivity index (χ3v) is 3.99. The first kappa shape index (κ1) is 17.2. The second kappa shape index (κ2) is 6.52. The van der Waals surface area contributed by atoms with Crippen LogP contribution in [0.25, 0.3) is 0 Å². The lowest BCUT2D eigenvalue weighted by Crippen LogP contribution is -2.57. The summed E-state index contributed by atoms with van der Waals surface area (Å²) in [7, 11) is 0. The molecule has 1 aliphatic rings. The van der Waals surface area contributed by atoms with Crippen LogP contribution >= 0.6 is 0 Å². The van der Waals surface area contributed by atoms with Crippen molar-refractivity contribution in [2.24, 2.45) is 0 Å². The van der Waals surface area contributed by atoms with Crippen LogP contribution in [0.4, 0.5) is 8.78 Å². The molecule has 0 unspecified atom stereocenters. The molecular weight excluding hydrogens is 308 g/mol. The topological polar surface area (TPSA) is 75.6 Å². The first-order valence-electron chi connectivity index (χ1n) is 7.45. The molecule has 0 saturated heterocycles. The Morgan fingerprint density at radius 3 is 2.52 bits per heavy atom. The van der Waals surface area contributed by atoms with Gasteiger partial charge in [0.15, 0.2) is 0 Å². The van der Waals surface area contributed by atoms with Gasteiger partial charge in [0.25, 0.3) is 5.91 Å². The number of benzene rings is 1. The number of aliphatic carboxylic acids is 1. The van der Waals surface area contributed by atoms with Crippen molar-refractivity contribution >= 4 is 11.9 Å². The van der Waals surface area contributed by atoms with Gasteiger partial charge >= 0.3 is 11.9 Å². The minimum absolute atomic E-state index is 0.0592. The summed E-state index contributed by atoms with van der Waals surface area (Å²) in [4.78, 5) is 23.0. The molecule has 23 heavy (non-hydrogen) atoms. The summed E-state index contributed by atoms with van der Waals surface area (Å²) in [6.45, 7) is 1.85. The average Bonchev–Trinajstić information content (AvgIpc) is 2.45. The van der Waals surface area contributed by atoms with Crippen LogP contribution in [0.2, 0.25) is 0 Å². The van der Waals surface area contributed by atoms with E-state index in [9.17, 15) is 18.4 Å². The number of nitrogens with one attached hydrogen (secondary N) is 1. The molecule has 0 aliphatic heterocycles. The van der Waals surface area contributed by atoms with Crippen molar-refractivity contribution < 1.29 is 28.2 Å². The first-order chi connectivity index (χ1) is 10.8. The van der Waals surface area contributed by atoms with Crippen LogP contribution in [0, 0.1) is 0 Å². The van der Waals surface area contributed by atoms with Crippen LogP contribution in [0.3, 0.4) is 0 Å². The maximum atomic E-state index is 14.5. The molecule has 1 amide bonds. The van der Waals surface area contributed by atoms with Crippen molar-refractivity contribution in [3.63, 3.8) is 0 Å². The van der Waals surface area contributed by atoms with E-state index < -0.39 is 28.9 Å². The highest BCUT2D eigenvalue weighted by molar-refractivity contribution is 5.87. The van der Waals surface area contributed by atoms with Gasteiger partial charge in [0, 0.05) is 0 Å². The van der Waals surface area contributed by atoms with Gasteiger partial charge in [0.2, 0.25) is 0 Å². The minimum Gasteiger partial charge on any atom is -0.493 e. The van der Waals surface area contributed by atoms with Crippen molar-refractivity contribution in [3.8, 4) is 5.75 Å². The molecule has 1 aromatic rings. The Morgan fingerprint density at radius 2 is 2.00 bits per heavy atom. The predicted molar refractivity (Wildman–Crippen MR) is 78.5 cm³/mol. The lowest BCUT2D eigenvalue weighted by Gasteiger charge is -2.42. The average molecular weight is 327 g/mol. The zero-order chi connectivity index (χ0) is 17.1. The summed E-state index contributed by atoms with van der Waals surface area (Å²) in [5, 5.41) is 11.1. The van der Waals surface area contributed by atoms with Gasteiger partial charge in [-0.25, -0.2) is 0 Å². The largest absolute Gasteiger partial charge is 0.493 e. The van der Waals surface area contributed by atoms with E-state index >= 15 is 0 Å². The number of amides is 1. The Hall–Kier alpha value is -2.18. The Balaban J connectivity index is 2.22. The van der Waals surface area contributed by atoms with Gasteiger partial charge in [-0.05, 0) is 38.3 Å². The van der Waals surface area contributed by atoms with Crippen LogP contribution in [-0.4, -0.2) is 29.1 Å². The maximum absolute atomic E-state index is 14.5. The van der Waals surface area contributed by atoms with Crippen LogP contribution in [-0.2, 0) is 15.5 Å². The number of rotatable bonds is 7. The van der Waals surface area contributed by atoms with Crippen molar-refractivity contribution in [2.45, 2.75) is 44.1 Å². The fourth-order valence-electron chi connectivity index (χ4n) is 2.69. The van der Waals surface area contributed by atoms with Crippen molar-refractivity contribution in [1.29, 1.82) is 0 Å². The number of hydrogen-bond donors (Lipinski definition) is 2. The highest BCUT2D eigenvalue weighted by Gasteiger charge is 2.49. The number of halogens is 2. The zero-order valence-corrected chi connectivity index (χ0v) is 12.8. The summed E-state index contributed by atoms with van der Waals surface area (Å²) < 4.78 is 34.2. The fraction of sp³-hybridized carbons (Fsp3) is 0.500. The molecule has 1 aliphatic carbocycles. The smallest absolute Gasteiger partial charge is 0.353 e. The molecule has 0 heterocycles. The van der Waals surface area contributed by atoms with E-state index in [4.69, 9.17) is 9.84 Å². The van der Waals surface area contributed by atoms with Gasteiger partial charge < -0.3 is 15.2 Å². The summed E-state index contributed by atoms with van der Waals surface area (Å²) in [6, 6.07) is 5.45. The van der Waals surface area contributed by atoms with Crippen molar-refractivity contribution in [1.82, 2.24) is 5.32 Å². The van der Waals surface area contributed by atoms with Gasteiger partial charge in [0.1, 0.15) is 5.75 Å². The van der Waals surface area contributed by atoms with E-state index in [-0.39, 0.29) is 18.8 Å². The fourth-order valence-corrected chi connectivity index (χ4v) is 2.69. The molecule has 2 N–H and O–H groups in total. The molecule has 0 atom stereocenters. The third kappa shape index (κ3) is 3.60. The quantitative estimate of drug-likeness (QED) is 0.807. The first-order valence-corrected chi connectivity index (χ1v) is 7.45. The summed E-state index contributed by atoms with van der Waals surface area (Å²) >= 11 is 0. The van der Waals surface area contributed by atoms with E-state index in [1.165, 1.54) is 12.1 Å². The molecule has 0 spiro atoms. The third-order valence-electron chi connectivity index (χ3n) is 3.99. The summed E-state index contributed by atoms with van der Waals surface area (Å²) in [5.74, 6) is -6.47. The van der Waals surface area contributed by atoms with E-state index in [1.54, 1.807) is 13.0 Å². The molecule has 0 bridgehead atoms. The number of hydrogen-bond acceptors (Lipinski definition) is 3. The second-order valence-electron chi connectivity index (χ2n) is 5.66. The van der Waals surface area contributed by atoms with Crippen LogP contribution in [0.5, 0.6) is 5.75 Å². The number of para-hydroxylation sites is 1. The Bertz CT molecular complexity index is 599. The molecule has 0 aromatic heterocycles. The zero-order valence-electron chi connectivity index (χ0n) is 12.8. The molecule has 126 valence electrons.